The van der Waals surface area contributed by atoms with Gasteiger partial charge in [-0.1, -0.05) is 6.42 Å². The van der Waals surface area contributed by atoms with Crippen molar-refractivity contribution < 1.29 is 4.74 Å². The average Bonchev–Trinajstić information content (AvgIpc) is 2.88. The molecule has 0 radical (unpaired) electrons. The van der Waals surface area contributed by atoms with Crippen LogP contribution in [0.5, 0.6) is 0 Å². The monoisotopic (exact) mass is 296 g/mol. The zero-order chi connectivity index (χ0) is 13.8. The van der Waals surface area contributed by atoms with E-state index in [1.807, 2.05) is 6.20 Å². The van der Waals surface area contributed by atoms with E-state index in [9.17, 15) is 0 Å². The molecule has 1 aromatic heterocycles. The Morgan fingerprint density at radius 2 is 2.15 bits per heavy atom. The predicted octanol–water partition coefficient (Wildman–Crippen LogP) is 1.41. The number of anilines is 1. The highest BCUT2D eigenvalue weighted by molar-refractivity contribution is 7.15. The topological polar surface area (TPSA) is 54.6 Å². The maximum atomic E-state index is 5.73. The van der Waals surface area contributed by atoms with Gasteiger partial charge < -0.3 is 10.5 Å². The molecule has 112 valence electrons. The van der Waals surface area contributed by atoms with Gasteiger partial charge in [0.1, 0.15) is 0 Å². The Morgan fingerprint density at radius 3 is 2.90 bits per heavy atom. The lowest BCUT2D eigenvalue weighted by Crippen LogP contribution is -2.48. The van der Waals surface area contributed by atoms with Crippen LogP contribution < -0.4 is 5.73 Å². The van der Waals surface area contributed by atoms with Gasteiger partial charge in [-0.2, -0.15) is 0 Å². The van der Waals surface area contributed by atoms with Crippen molar-refractivity contribution in [2.45, 2.75) is 31.8 Å². The van der Waals surface area contributed by atoms with Crippen molar-refractivity contribution >= 4 is 16.5 Å². The number of aromatic nitrogens is 1. The average molecular weight is 296 g/mol. The molecule has 0 spiro atoms. The summed E-state index contributed by atoms with van der Waals surface area (Å²) in [5.74, 6) is 0. The quantitative estimate of drug-likeness (QED) is 0.910. The first-order valence-electron chi connectivity index (χ1n) is 7.55. The van der Waals surface area contributed by atoms with E-state index in [0.717, 1.165) is 32.8 Å². The van der Waals surface area contributed by atoms with Crippen LogP contribution in [0.2, 0.25) is 0 Å². The molecule has 1 atom stereocenters. The molecule has 1 unspecified atom stereocenters. The molecule has 2 fully saturated rings. The molecule has 5 nitrogen and oxygen atoms in total. The van der Waals surface area contributed by atoms with E-state index in [4.69, 9.17) is 10.5 Å². The van der Waals surface area contributed by atoms with Crippen LogP contribution in [0.1, 0.15) is 24.1 Å². The van der Waals surface area contributed by atoms with E-state index >= 15 is 0 Å². The fourth-order valence-corrected chi connectivity index (χ4v) is 3.86. The van der Waals surface area contributed by atoms with Crippen LogP contribution >= 0.6 is 11.3 Å². The molecule has 0 aromatic carbocycles. The second-order valence-electron chi connectivity index (χ2n) is 5.70. The molecule has 0 saturated carbocycles. The van der Waals surface area contributed by atoms with Crippen molar-refractivity contribution in [3.05, 3.63) is 11.1 Å². The summed E-state index contributed by atoms with van der Waals surface area (Å²) >= 11 is 1.62. The summed E-state index contributed by atoms with van der Waals surface area (Å²) in [6.07, 6.45) is 5.91. The zero-order valence-corrected chi connectivity index (χ0v) is 12.8. The van der Waals surface area contributed by atoms with Crippen molar-refractivity contribution in [3.63, 3.8) is 0 Å². The Morgan fingerprint density at radius 1 is 1.30 bits per heavy atom. The van der Waals surface area contributed by atoms with Crippen LogP contribution in [0.4, 0.5) is 5.13 Å². The van der Waals surface area contributed by atoms with Gasteiger partial charge in [0.25, 0.3) is 0 Å². The molecular weight excluding hydrogens is 272 g/mol. The van der Waals surface area contributed by atoms with Gasteiger partial charge in [-0.15, -0.1) is 11.3 Å². The number of likely N-dealkylation sites (tertiary alicyclic amines) is 1. The van der Waals surface area contributed by atoms with E-state index in [-0.39, 0.29) is 0 Å². The van der Waals surface area contributed by atoms with E-state index in [1.165, 1.54) is 37.2 Å². The Balaban J connectivity index is 1.58. The van der Waals surface area contributed by atoms with E-state index < -0.39 is 0 Å². The predicted molar refractivity (Wildman–Crippen MR) is 81.8 cm³/mol. The largest absolute Gasteiger partial charge is 0.379 e. The number of piperidine rings is 1. The van der Waals surface area contributed by atoms with Crippen molar-refractivity contribution in [2.24, 2.45) is 0 Å². The Kier molecular flexibility index (Phi) is 4.88. The molecule has 1 aromatic rings. The van der Waals surface area contributed by atoms with Gasteiger partial charge in [0, 0.05) is 43.3 Å². The zero-order valence-electron chi connectivity index (χ0n) is 12.0. The smallest absolute Gasteiger partial charge is 0.180 e. The van der Waals surface area contributed by atoms with Gasteiger partial charge in [0.15, 0.2) is 5.13 Å². The summed E-state index contributed by atoms with van der Waals surface area (Å²) in [6.45, 7) is 7.32. The Labute approximate surface area is 124 Å². The lowest BCUT2D eigenvalue weighted by Gasteiger charge is -2.39. The molecule has 0 amide bonds. The second-order valence-corrected chi connectivity index (χ2v) is 6.84. The van der Waals surface area contributed by atoms with Crippen LogP contribution in [-0.4, -0.2) is 60.2 Å². The lowest BCUT2D eigenvalue weighted by atomic mass is 10.0. The molecule has 2 saturated heterocycles. The summed E-state index contributed by atoms with van der Waals surface area (Å²) in [5, 5.41) is 0.682. The van der Waals surface area contributed by atoms with Gasteiger partial charge >= 0.3 is 0 Å². The standard InChI is InChI=1S/C14H24N4OS/c15-14-16-9-13(20-14)11-18-4-2-1-3-12(18)10-17-5-7-19-8-6-17/h9,12H,1-8,10-11H2,(H2,15,16). The van der Waals surface area contributed by atoms with Crippen molar-refractivity contribution in [1.29, 1.82) is 0 Å². The van der Waals surface area contributed by atoms with Gasteiger partial charge in [-0.05, 0) is 19.4 Å². The number of thiazole rings is 1. The minimum atomic E-state index is 0.671. The highest BCUT2D eigenvalue weighted by atomic mass is 32.1. The van der Waals surface area contributed by atoms with Gasteiger partial charge in [-0.3, -0.25) is 9.80 Å². The molecule has 2 aliphatic heterocycles. The van der Waals surface area contributed by atoms with Crippen molar-refractivity contribution in [2.75, 3.05) is 45.1 Å². The number of ether oxygens (including phenoxy) is 1. The van der Waals surface area contributed by atoms with E-state index in [0.29, 0.717) is 11.2 Å². The first kappa shape index (κ1) is 14.3. The van der Waals surface area contributed by atoms with E-state index in [2.05, 4.69) is 14.8 Å². The number of rotatable bonds is 4. The fourth-order valence-electron chi connectivity index (χ4n) is 3.15. The number of nitrogens with two attached hydrogens (primary N) is 1. The summed E-state index contributed by atoms with van der Waals surface area (Å²) in [7, 11) is 0. The summed E-state index contributed by atoms with van der Waals surface area (Å²) in [4.78, 5) is 10.6. The van der Waals surface area contributed by atoms with Crippen LogP contribution in [0.25, 0.3) is 0 Å². The third kappa shape index (κ3) is 3.69. The fraction of sp³-hybridized carbons (Fsp3) is 0.786. The molecular formula is C14H24N4OS. The first-order chi connectivity index (χ1) is 9.81. The molecule has 0 bridgehead atoms. The molecule has 3 heterocycles. The molecule has 0 aliphatic carbocycles. The molecule has 2 N–H and O–H groups in total. The Hall–Kier alpha value is -0.690. The highest BCUT2D eigenvalue weighted by Gasteiger charge is 2.25. The number of hydrogen-bond acceptors (Lipinski definition) is 6. The second kappa shape index (κ2) is 6.85. The molecule has 6 heteroatoms. The maximum Gasteiger partial charge on any atom is 0.180 e. The molecule has 2 aliphatic rings. The number of morpholine rings is 1. The van der Waals surface area contributed by atoms with Gasteiger partial charge in [0.05, 0.1) is 13.2 Å². The Bertz CT molecular complexity index is 419. The summed E-state index contributed by atoms with van der Waals surface area (Å²) in [6, 6.07) is 0.671. The highest BCUT2D eigenvalue weighted by Crippen LogP contribution is 2.23. The normalized spacial score (nSPS) is 25.9. The minimum Gasteiger partial charge on any atom is -0.379 e. The number of hydrogen-bond donors (Lipinski definition) is 1. The van der Waals surface area contributed by atoms with Crippen LogP contribution in [-0.2, 0) is 11.3 Å². The van der Waals surface area contributed by atoms with Gasteiger partial charge in [-0.25, -0.2) is 4.98 Å². The third-order valence-electron chi connectivity index (χ3n) is 4.25. The minimum absolute atomic E-state index is 0.671. The maximum absolute atomic E-state index is 5.73. The lowest BCUT2D eigenvalue weighted by molar-refractivity contribution is 0.0154. The van der Waals surface area contributed by atoms with Crippen LogP contribution in [0.3, 0.4) is 0 Å². The summed E-state index contributed by atoms with van der Waals surface area (Å²) in [5.41, 5.74) is 5.73. The van der Waals surface area contributed by atoms with Crippen molar-refractivity contribution in [3.8, 4) is 0 Å². The van der Waals surface area contributed by atoms with Crippen LogP contribution in [0, 0.1) is 0 Å². The third-order valence-corrected chi connectivity index (χ3v) is 5.06. The molecule has 20 heavy (non-hydrogen) atoms. The SMILES string of the molecule is Nc1ncc(CN2CCCCC2CN2CCOCC2)s1. The van der Waals surface area contributed by atoms with Crippen LogP contribution in [0.15, 0.2) is 6.20 Å². The molecule has 3 rings (SSSR count). The van der Waals surface area contributed by atoms with E-state index in [1.54, 1.807) is 11.3 Å². The van der Waals surface area contributed by atoms with Crippen molar-refractivity contribution in [1.82, 2.24) is 14.8 Å². The first-order valence-corrected chi connectivity index (χ1v) is 8.37. The number of nitrogen functional groups attached to an aromatic ring is 1. The number of nitrogens with zero attached hydrogens (tertiary/aromatic N) is 3. The summed E-state index contributed by atoms with van der Waals surface area (Å²) < 4.78 is 5.44. The van der Waals surface area contributed by atoms with Gasteiger partial charge in [0.2, 0.25) is 0 Å².